The number of nitrogens with zero attached hydrogens (tertiary/aromatic N) is 1. The first-order valence-electron chi connectivity index (χ1n) is 6.74. The van der Waals surface area contributed by atoms with Crippen LogP contribution >= 0.6 is 11.8 Å². The van der Waals surface area contributed by atoms with Gasteiger partial charge in [0.25, 0.3) is 0 Å². The maximum Gasteiger partial charge on any atom is 0.314 e. The van der Waals surface area contributed by atoms with E-state index in [9.17, 15) is 4.79 Å². The minimum atomic E-state index is -0.172. The lowest BCUT2D eigenvalue weighted by atomic mass is 9.98. The first kappa shape index (κ1) is 14.4. The summed E-state index contributed by atoms with van der Waals surface area (Å²) in [5, 5.41) is 0. The molecule has 0 aromatic heterocycles. The average Bonchev–Trinajstić information content (AvgIpc) is 2.73. The van der Waals surface area contributed by atoms with Gasteiger partial charge in [0.15, 0.2) is 0 Å². The number of rotatable bonds is 4. The van der Waals surface area contributed by atoms with Gasteiger partial charge in [-0.3, -0.25) is 4.79 Å². The third kappa shape index (κ3) is 4.25. The maximum absolute atomic E-state index is 12.0. The molecule has 4 heteroatoms. The zero-order chi connectivity index (χ0) is 13.5. The van der Waals surface area contributed by atoms with Crippen LogP contribution in [0.3, 0.4) is 0 Å². The van der Waals surface area contributed by atoms with Crippen molar-refractivity contribution >= 4 is 17.7 Å². The van der Waals surface area contributed by atoms with Gasteiger partial charge in [-0.2, -0.15) is 11.8 Å². The predicted octanol–water partition coefficient (Wildman–Crippen LogP) is 2.38. The minimum Gasteiger partial charge on any atom is -0.469 e. The molecule has 104 valence electrons. The second-order valence-electron chi connectivity index (χ2n) is 4.75. The summed E-state index contributed by atoms with van der Waals surface area (Å²) in [6.07, 6.45) is 1.20. The lowest BCUT2D eigenvalue weighted by molar-refractivity contribution is -0.142. The van der Waals surface area contributed by atoms with Crippen LogP contribution in [0.15, 0.2) is 30.3 Å². The van der Waals surface area contributed by atoms with Gasteiger partial charge in [0, 0.05) is 18.8 Å². The molecule has 2 rings (SSSR count). The molecule has 1 fully saturated rings. The summed E-state index contributed by atoms with van der Waals surface area (Å²) in [5.74, 6) is 2.07. The molecule has 0 radical (unpaired) electrons. The molecule has 19 heavy (non-hydrogen) atoms. The lowest BCUT2D eigenvalue weighted by Crippen LogP contribution is -2.34. The van der Waals surface area contributed by atoms with E-state index in [1.807, 2.05) is 42.1 Å². The fraction of sp³-hybridized carbons (Fsp3) is 0.533. The van der Waals surface area contributed by atoms with E-state index < -0.39 is 0 Å². The highest BCUT2D eigenvalue weighted by atomic mass is 32.2. The Morgan fingerprint density at radius 1 is 1.32 bits per heavy atom. The number of benzene rings is 1. The smallest absolute Gasteiger partial charge is 0.314 e. The molecule has 1 atom stereocenters. The monoisotopic (exact) mass is 279 g/mol. The van der Waals surface area contributed by atoms with Gasteiger partial charge in [-0.25, -0.2) is 0 Å². The molecular weight excluding hydrogens is 258 g/mol. The zero-order valence-electron chi connectivity index (χ0n) is 11.4. The summed E-state index contributed by atoms with van der Waals surface area (Å²) in [6.45, 7) is 2.90. The van der Waals surface area contributed by atoms with Gasteiger partial charge in [0.05, 0.1) is 13.0 Å². The van der Waals surface area contributed by atoms with Crippen molar-refractivity contribution in [1.82, 2.24) is 4.90 Å². The summed E-state index contributed by atoms with van der Waals surface area (Å²) in [5.41, 5.74) is 1.05. The van der Waals surface area contributed by atoms with Crippen LogP contribution in [0.4, 0.5) is 0 Å². The largest absolute Gasteiger partial charge is 0.469 e. The van der Waals surface area contributed by atoms with Gasteiger partial charge in [-0.15, -0.1) is 0 Å². The van der Waals surface area contributed by atoms with Crippen LogP contribution in [0.5, 0.6) is 0 Å². The molecule has 1 aliphatic rings. The molecule has 0 amide bonds. The maximum atomic E-state index is 12.0. The first-order chi connectivity index (χ1) is 9.31. The summed E-state index contributed by atoms with van der Waals surface area (Å²) in [6, 6.07) is 9.94. The third-order valence-electron chi connectivity index (χ3n) is 3.44. The fourth-order valence-electron chi connectivity index (χ4n) is 2.38. The number of esters is 1. The van der Waals surface area contributed by atoms with Crippen LogP contribution in [0.1, 0.15) is 17.9 Å². The van der Waals surface area contributed by atoms with Gasteiger partial charge in [-0.1, -0.05) is 30.3 Å². The molecule has 1 saturated heterocycles. The van der Waals surface area contributed by atoms with E-state index in [0.29, 0.717) is 0 Å². The second kappa shape index (κ2) is 7.56. The second-order valence-corrected chi connectivity index (χ2v) is 5.98. The number of carbonyl (C=O) groups is 1. The van der Waals surface area contributed by atoms with Crippen LogP contribution in [0.2, 0.25) is 0 Å². The summed E-state index contributed by atoms with van der Waals surface area (Å²) < 4.78 is 4.97. The van der Waals surface area contributed by atoms with Crippen molar-refractivity contribution in [2.45, 2.75) is 12.3 Å². The van der Waals surface area contributed by atoms with Crippen molar-refractivity contribution in [1.29, 1.82) is 0 Å². The molecular formula is C15H21NO2S. The van der Waals surface area contributed by atoms with Crippen LogP contribution in [0.25, 0.3) is 0 Å². The molecule has 0 N–H and O–H groups in total. The third-order valence-corrected chi connectivity index (χ3v) is 4.49. The topological polar surface area (TPSA) is 29.5 Å². The highest BCUT2D eigenvalue weighted by Gasteiger charge is 2.24. The predicted molar refractivity (Wildman–Crippen MR) is 79.6 cm³/mol. The highest BCUT2D eigenvalue weighted by Crippen LogP contribution is 2.20. The van der Waals surface area contributed by atoms with Crippen molar-refractivity contribution in [2.24, 2.45) is 0 Å². The van der Waals surface area contributed by atoms with Crippen molar-refractivity contribution in [2.75, 3.05) is 38.2 Å². The Labute approximate surface area is 119 Å². The van der Waals surface area contributed by atoms with Gasteiger partial charge in [-0.05, 0) is 24.3 Å². The fourth-order valence-corrected chi connectivity index (χ4v) is 3.31. The standard InChI is InChI=1S/C15H21NO2S/c1-18-15(17)14(13-6-3-2-4-7-13)12-16-8-5-10-19-11-9-16/h2-4,6-7,14H,5,8-12H2,1H3. The van der Waals surface area contributed by atoms with Gasteiger partial charge < -0.3 is 9.64 Å². The van der Waals surface area contributed by atoms with Crippen molar-refractivity contribution < 1.29 is 9.53 Å². The van der Waals surface area contributed by atoms with E-state index in [0.717, 1.165) is 31.0 Å². The first-order valence-corrected chi connectivity index (χ1v) is 7.89. The molecule has 1 aromatic carbocycles. The number of methoxy groups -OCH3 is 1. The Morgan fingerprint density at radius 3 is 2.84 bits per heavy atom. The summed E-state index contributed by atoms with van der Waals surface area (Å²) in [7, 11) is 1.47. The number of hydrogen-bond donors (Lipinski definition) is 0. The molecule has 0 bridgehead atoms. The van der Waals surface area contributed by atoms with E-state index >= 15 is 0 Å². The number of carbonyl (C=O) groups excluding carboxylic acids is 1. The Morgan fingerprint density at radius 2 is 2.11 bits per heavy atom. The van der Waals surface area contributed by atoms with E-state index in [1.165, 1.54) is 19.3 Å². The molecule has 0 spiro atoms. The number of thioether (sulfide) groups is 1. The molecule has 3 nitrogen and oxygen atoms in total. The Hall–Kier alpha value is -1.00. The van der Waals surface area contributed by atoms with Crippen LogP contribution in [0, 0.1) is 0 Å². The van der Waals surface area contributed by atoms with Crippen LogP contribution in [-0.4, -0.2) is 49.1 Å². The normalized spacial score (nSPS) is 18.6. The SMILES string of the molecule is COC(=O)C(CN1CCCSCC1)c1ccccc1. The van der Waals surface area contributed by atoms with Crippen LogP contribution < -0.4 is 0 Å². The molecule has 1 unspecified atom stereocenters. The molecule has 1 aromatic rings. The quantitative estimate of drug-likeness (QED) is 0.792. The van der Waals surface area contributed by atoms with E-state index in [2.05, 4.69) is 4.90 Å². The Bertz CT molecular complexity index is 388. The van der Waals surface area contributed by atoms with Gasteiger partial charge in [0.2, 0.25) is 0 Å². The number of ether oxygens (including phenoxy) is 1. The van der Waals surface area contributed by atoms with E-state index in [1.54, 1.807) is 0 Å². The van der Waals surface area contributed by atoms with Crippen LogP contribution in [-0.2, 0) is 9.53 Å². The van der Waals surface area contributed by atoms with Gasteiger partial charge >= 0.3 is 5.97 Å². The summed E-state index contributed by atoms with van der Waals surface area (Å²) in [4.78, 5) is 14.4. The minimum absolute atomic E-state index is 0.136. The average molecular weight is 279 g/mol. The van der Waals surface area contributed by atoms with Gasteiger partial charge in [0.1, 0.15) is 0 Å². The zero-order valence-corrected chi connectivity index (χ0v) is 12.2. The van der Waals surface area contributed by atoms with Crippen molar-refractivity contribution in [3.8, 4) is 0 Å². The molecule has 1 aliphatic heterocycles. The Balaban J connectivity index is 2.07. The van der Waals surface area contributed by atoms with E-state index in [4.69, 9.17) is 4.74 Å². The number of hydrogen-bond acceptors (Lipinski definition) is 4. The Kier molecular flexibility index (Phi) is 5.73. The van der Waals surface area contributed by atoms with Crippen molar-refractivity contribution in [3.63, 3.8) is 0 Å². The molecule has 0 saturated carbocycles. The molecule has 1 heterocycles. The highest BCUT2D eigenvalue weighted by molar-refractivity contribution is 7.99. The molecule has 0 aliphatic carbocycles. The summed E-state index contributed by atoms with van der Waals surface area (Å²) >= 11 is 2.00. The van der Waals surface area contributed by atoms with Crippen molar-refractivity contribution in [3.05, 3.63) is 35.9 Å². The lowest BCUT2D eigenvalue weighted by Gasteiger charge is -2.24. The van der Waals surface area contributed by atoms with E-state index in [-0.39, 0.29) is 11.9 Å².